The molecule has 3 N–H and O–H groups in total. The molecule has 0 saturated heterocycles. The van der Waals surface area contributed by atoms with Crippen molar-refractivity contribution in [2.24, 2.45) is 5.73 Å². The second-order valence-electron chi connectivity index (χ2n) is 9.53. The van der Waals surface area contributed by atoms with Gasteiger partial charge < -0.3 is 15.6 Å². The molecule has 0 heterocycles. The molecule has 1 aliphatic rings. The number of benzene rings is 3. The number of amides is 1. The molecule has 0 saturated carbocycles. The van der Waals surface area contributed by atoms with Gasteiger partial charge >= 0.3 is 12.5 Å². The normalized spacial score (nSPS) is 15.3. The number of alkyl halides is 4. The van der Waals surface area contributed by atoms with Crippen molar-refractivity contribution in [2.75, 3.05) is 0 Å². The molecule has 2 atom stereocenters. The largest absolute Gasteiger partial charge is 0.461 e. The molecule has 0 aliphatic heterocycles. The number of fused-ring (bicyclic) bond motifs is 1. The van der Waals surface area contributed by atoms with Gasteiger partial charge in [-0.05, 0) is 84.2 Å². The lowest BCUT2D eigenvalue weighted by Gasteiger charge is -2.28. The molecule has 39 heavy (non-hydrogen) atoms. The molecule has 0 bridgehead atoms. The summed E-state index contributed by atoms with van der Waals surface area (Å²) < 4.78 is 70.3. The van der Waals surface area contributed by atoms with Gasteiger partial charge in [0, 0.05) is 5.92 Å². The average molecular weight is 546 g/mol. The number of carbonyl (C=O) groups is 1. The number of ether oxygens (including phenoxy) is 1. The van der Waals surface area contributed by atoms with E-state index in [0.717, 1.165) is 37.3 Å². The Bertz CT molecular complexity index is 1340. The zero-order valence-electron chi connectivity index (χ0n) is 20.9. The van der Waals surface area contributed by atoms with Crippen LogP contribution in [-0.2, 0) is 12.8 Å². The van der Waals surface area contributed by atoms with E-state index in [1.807, 2.05) is 18.2 Å². The highest BCUT2D eigenvalue weighted by molar-refractivity contribution is 5.99. The Hall–Kier alpha value is -3.72. The first-order valence-corrected chi connectivity index (χ1v) is 12.6. The zero-order chi connectivity index (χ0) is 28.2. The Balaban J connectivity index is 1.81. The Morgan fingerprint density at radius 3 is 2.49 bits per heavy atom. The Kier molecular flexibility index (Phi) is 8.70. The summed E-state index contributed by atoms with van der Waals surface area (Å²) in [6.07, 6.45) is -2.67. The lowest BCUT2D eigenvalue weighted by molar-refractivity contribution is -0.253. The van der Waals surface area contributed by atoms with E-state index >= 15 is 0 Å². The fourth-order valence-corrected chi connectivity index (χ4v) is 4.93. The summed E-state index contributed by atoms with van der Waals surface area (Å²) in [6.45, 7) is 0. The molecule has 0 radical (unpaired) electrons. The van der Waals surface area contributed by atoms with E-state index in [1.54, 1.807) is 12.1 Å². The number of aliphatic hydroxyl groups excluding tert-OH is 1. The van der Waals surface area contributed by atoms with E-state index in [-0.39, 0.29) is 12.0 Å². The minimum absolute atomic E-state index is 0.00122. The van der Waals surface area contributed by atoms with Crippen molar-refractivity contribution in [3.05, 3.63) is 106 Å². The number of aryl methyl sites for hydroxylation is 1. The van der Waals surface area contributed by atoms with Crippen LogP contribution in [0.5, 0.6) is 5.75 Å². The topological polar surface area (TPSA) is 72.6 Å². The van der Waals surface area contributed by atoms with Gasteiger partial charge in [-0.1, -0.05) is 48.6 Å². The molecule has 3 aromatic rings. The lowest BCUT2D eigenvalue weighted by atomic mass is 9.79. The molecule has 1 amide bonds. The van der Waals surface area contributed by atoms with Crippen LogP contribution in [0.3, 0.4) is 0 Å². The maximum absolute atomic E-state index is 13.6. The van der Waals surface area contributed by atoms with Crippen LogP contribution in [0, 0.1) is 5.82 Å². The number of allylic oxidation sites excluding steroid dienone is 1. The number of carbonyl (C=O) groups excluding carboxylic acids is 1. The minimum atomic E-state index is -4.69. The van der Waals surface area contributed by atoms with Crippen molar-refractivity contribution in [2.45, 2.75) is 56.7 Å². The standard InChI is InChI=1S/C30H28F5NO3/c31-21-13-10-20(11-14-21)27(37)25(17-18-6-5-8-22(16-18)39-30(34,35)29(32)33)24-15-12-19-7-3-1-2-4-9-23(19)26(24)28(36)38/h4-6,8-16,25,27,29,37H,1-3,7,17H2,(H2,36,38). The molecule has 3 aromatic carbocycles. The van der Waals surface area contributed by atoms with Crippen LogP contribution >= 0.6 is 0 Å². The van der Waals surface area contributed by atoms with Crippen molar-refractivity contribution < 1.29 is 36.6 Å². The van der Waals surface area contributed by atoms with Crippen LogP contribution in [0.4, 0.5) is 22.0 Å². The molecule has 0 spiro atoms. The van der Waals surface area contributed by atoms with Gasteiger partial charge in [0.2, 0.25) is 5.91 Å². The first-order valence-electron chi connectivity index (χ1n) is 12.6. The fraction of sp³-hybridized carbons (Fsp3) is 0.300. The Morgan fingerprint density at radius 2 is 1.79 bits per heavy atom. The summed E-state index contributed by atoms with van der Waals surface area (Å²) in [6, 6.07) is 14.0. The number of rotatable bonds is 9. The van der Waals surface area contributed by atoms with Gasteiger partial charge in [0.25, 0.3) is 0 Å². The van der Waals surface area contributed by atoms with Gasteiger partial charge in [0.05, 0.1) is 11.7 Å². The van der Waals surface area contributed by atoms with Crippen LogP contribution in [0.25, 0.3) is 6.08 Å². The molecule has 4 nitrogen and oxygen atoms in total. The number of hydrogen-bond donors (Lipinski definition) is 2. The van der Waals surface area contributed by atoms with Gasteiger partial charge in [0.1, 0.15) is 11.6 Å². The zero-order valence-corrected chi connectivity index (χ0v) is 20.9. The number of primary amides is 1. The third-order valence-electron chi connectivity index (χ3n) is 6.82. The third kappa shape index (κ3) is 6.65. The van der Waals surface area contributed by atoms with Crippen LogP contribution in [0.2, 0.25) is 0 Å². The van der Waals surface area contributed by atoms with Crippen molar-refractivity contribution >= 4 is 12.0 Å². The van der Waals surface area contributed by atoms with Crippen LogP contribution < -0.4 is 10.5 Å². The smallest absolute Gasteiger partial charge is 0.428 e. The third-order valence-corrected chi connectivity index (χ3v) is 6.82. The van der Waals surface area contributed by atoms with Gasteiger partial charge in [-0.15, -0.1) is 0 Å². The van der Waals surface area contributed by atoms with Gasteiger partial charge in [-0.25, -0.2) is 4.39 Å². The van der Waals surface area contributed by atoms with Crippen LogP contribution in [0.1, 0.15) is 69.5 Å². The SMILES string of the molecule is NC(=O)c1c(C(Cc2cccc(OC(F)(F)C(F)F)c2)C(O)c2ccc(F)cc2)ccc2c1C=CCCCC2. The molecule has 9 heteroatoms. The predicted molar refractivity (Wildman–Crippen MR) is 137 cm³/mol. The molecule has 0 aromatic heterocycles. The van der Waals surface area contributed by atoms with Gasteiger partial charge in [0.15, 0.2) is 0 Å². The molecule has 0 fully saturated rings. The van der Waals surface area contributed by atoms with E-state index in [4.69, 9.17) is 5.73 Å². The number of halogens is 5. The predicted octanol–water partition coefficient (Wildman–Crippen LogP) is 6.96. The number of nitrogens with two attached hydrogens (primary N) is 1. The van der Waals surface area contributed by atoms with Crippen molar-refractivity contribution in [1.82, 2.24) is 0 Å². The molecular formula is C30H28F5NO3. The molecule has 1 aliphatic carbocycles. The van der Waals surface area contributed by atoms with Gasteiger partial charge in [-0.2, -0.15) is 17.6 Å². The highest BCUT2D eigenvalue weighted by atomic mass is 19.3. The second kappa shape index (κ2) is 12.0. The quantitative estimate of drug-likeness (QED) is 0.286. The van der Waals surface area contributed by atoms with Crippen molar-refractivity contribution in [3.8, 4) is 5.75 Å². The first kappa shape index (κ1) is 28.3. The highest BCUT2D eigenvalue weighted by Crippen LogP contribution is 2.39. The molecule has 4 rings (SSSR count). The van der Waals surface area contributed by atoms with E-state index in [1.165, 1.54) is 36.4 Å². The monoisotopic (exact) mass is 545 g/mol. The van der Waals surface area contributed by atoms with Crippen molar-refractivity contribution in [3.63, 3.8) is 0 Å². The van der Waals surface area contributed by atoms with E-state index < -0.39 is 42.0 Å². The maximum atomic E-state index is 13.6. The molecule has 2 unspecified atom stereocenters. The first-order chi connectivity index (χ1) is 18.6. The molecular weight excluding hydrogens is 517 g/mol. The second-order valence-corrected chi connectivity index (χ2v) is 9.53. The summed E-state index contributed by atoms with van der Waals surface area (Å²) in [5, 5.41) is 11.5. The minimum Gasteiger partial charge on any atom is -0.428 e. The summed E-state index contributed by atoms with van der Waals surface area (Å²) in [4.78, 5) is 12.8. The number of hydrogen-bond acceptors (Lipinski definition) is 3. The summed E-state index contributed by atoms with van der Waals surface area (Å²) in [5.41, 5.74) is 8.84. The van der Waals surface area contributed by atoms with E-state index in [9.17, 15) is 31.9 Å². The van der Waals surface area contributed by atoms with E-state index in [2.05, 4.69) is 4.74 Å². The summed E-state index contributed by atoms with van der Waals surface area (Å²) >= 11 is 0. The lowest BCUT2D eigenvalue weighted by Crippen LogP contribution is -2.33. The van der Waals surface area contributed by atoms with Crippen LogP contribution in [0.15, 0.2) is 66.7 Å². The molecule has 206 valence electrons. The summed E-state index contributed by atoms with van der Waals surface area (Å²) in [5.74, 6) is -2.52. The number of aliphatic hydroxyl groups is 1. The van der Waals surface area contributed by atoms with Crippen molar-refractivity contribution in [1.29, 1.82) is 0 Å². The average Bonchev–Trinajstić information content (AvgIpc) is 2.87. The Labute approximate surface area is 222 Å². The fourth-order valence-electron chi connectivity index (χ4n) is 4.93. The van der Waals surface area contributed by atoms with Gasteiger partial charge in [-0.3, -0.25) is 4.79 Å². The Morgan fingerprint density at radius 1 is 1.05 bits per heavy atom. The van der Waals surface area contributed by atoms with Crippen LogP contribution in [-0.4, -0.2) is 23.5 Å². The summed E-state index contributed by atoms with van der Waals surface area (Å²) in [7, 11) is 0. The van der Waals surface area contributed by atoms with E-state index in [0.29, 0.717) is 22.3 Å². The highest BCUT2D eigenvalue weighted by Gasteiger charge is 2.44. The maximum Gasteiger partial charge on any atom is 0.461 e.